The van der Waals surface area contributed by atoms with Gasteiger partial charge < -0.3 is 14.7 Å². The van der Waals surface area contributed by atoms with Crippen molar-refractivity contribution in [2.75, 3.05) is 50.8 Å². The second-order valence-electron chi connectivity index (χ2n) is 6.08. The van der Waals surface area contributed by atoms with E-state index in [0.29, 0.717) is 27.7 Å². The minimum absolute atomic E-state index is 0.136. The number of anilines is 1. The molecular formula is C18H21Cl2N3O3. The van der Waals surface area contributed by atoms with Crippen molar-refractivity contribution >= 4 is 45.8 Å². The molecule has 0 unspecified atom stereocenters. The van der Waals surface area contributed by atoms with Gasteiger partial charge in [-0.15, -0.1) is 0 Å². The molecule has 1 aliphatic heterocycles. The van der Waals surface area contributed by atoms with Gasteiger partial charge in [-0.2, -0.15) is 0 Å². The Morgan fingerprint density at radius 2 is 2.00 bits per heavy atom. The molecule has 0 spiro atoms. The van der Waals surface area contributed by atoms with Crippen molar-refractivity contribution in [3.63, 3.8) is 0 Å². The van der Waals surface area contributed by atoms with Gasteiger partial charge in [-0.1, -0.05) is 23.2 Å². The number of hydrogen-bond donors (Lipinski definition) is 1. The van der Waals surface area contributed by atoms with Crippen molar-refractivity contribution in [1.29, 1.82) is 0 Å². The summed E-state index contributed by atoms with van der Waals surface area (Å²) in [6.45, 7) is 5.86. The Kier molecular flexibility index (Phi) is 6.19. The fourth-order valence-corrected chi connectivity index (χ4v) is 3.79. The number of β-amino-alcohol motifs (C(OH)–C–C–N with tert-alkyl or cyclic N) is 1. The quantitative estimate of drug-likeness (QED) is 0.782. The van der Waals surface area contributed by atoms with E-state index in [1.165, 1.54) is 6.20 Å². The number of piperazine rings is 1. The van der Waals surface area contributed by atoms with Crippen LogP contribution in [0.15, 0.2) is 18.3 Å². The lowest BCUT2D eigenvalue weighted by atomic mass is 10.1. The first-order valence-corrected chi connectivity index (χ1v) is 9.33. The monoisotopic (exact) mass is 397 g/mol. The van der Waals surface area contributed by atoms with Crippen molar-refractivity contribution in [2.45, 2.75) is 6.92 Å². The molecule has 1 aliphatic rings. The topological polar surface area (TPSA) is 65.9 Å². The van der Waals surface area contributed by atoms with E-state index in [0.717, 1.165) is 37.3 Å². The highest BCUT2D eigenvalue weighted by atomic mass is 35.5. The largest absolute Gasteiger partial charge is 0.462 e. The number of nitrogens with zero attached hydrogens (tertiary/aromatic N) is 3. The van der Waals surface area contributed by atoms with Gasteiger partial charge in [0.05, 0.1) is 29.4 Å². The SMILES string of the molecule is CCOC(=O)c1cnc2c(Cl)cc(Cl)cc2c1N1CCN(CCO)CC1. The van der Waals surface area contributed by atoms with E-state index in [2.05, 4.69) is 14.8 Å². The minimum Gasteiger partial charge on any atom is -0.462 e. The van der Waals surface area contributed by atoms with E-state index in [1.807, 2.05) is 0 Å². The summed E-state index contributed by atoms with van der Waals surface area (Å²) in [7, 11) is 0. The van der Waals surface area contributed by atoms with Gasteiger partial charge in [0, 0.05) is 49.3 Å². The maximum Gasteiger partial charge on any atom is 0.341 e. The molecular weight excluding hydrogens is 377 g/mol. The Hall–Kier alpha value is -1.60. The number of benzene rings is 1. The summed E-state index contributed by atoms with van der Waals surface area (Å²) < 4.78 is 5.21. The zero-order valence-electron chi connectivity index (χ0n) is 14.5. The maximum absolute atomic E-state index is 12.5. The van der Waals surface area contributed by atoms with Gasteiger partial charge in [0.2, 0.25) is 0 Å². The minimum atomic E-state index is -0.411. The molecule has 0 aliphatic carbocycles. The van der Waals surface area contributed by atoms with Crippen LogP contribution in [0.4, 0.5) is 5.69 Å². The number of carbonyl (C=O) groups is 1. The normalized spacial score (nSPS) is 15.5. The molecule has 26 heavy (non-hydrogen) atoms. The van der Waals surface area contributed by atoms with Crippen molar-refractivity contribution < 1.29 is 14.6 Å². The highest BCUT2D eigenvalue weighted by molar-refractivity contribution is 6.38. The van der Waals surface area contributed by atoms with Crippen molar-refractivity contribution in [3.8, 4) is 0 Å². The third-order valence-electron chi connectivity index (χ3n) is 4.46. The molecule has 0 bridgehead atoms. The Morgan fingerprint density at radius 1 is 1.27 bits per heavy atom. The average Bonchev–Trinajstić information content (AvgIpc) is 2.62. The first-order valence-electron chi connectivity index (χ1n) is 8.58. The predicted octanol–water partition coefficient (Wildman–Crippen LogP) is 2.83. The third-order valence-corrected chi connectivity index (χ3v) is 4.97. The van der Waals surface area contributed by atoms with Crippen LogP contribution in [0.25, 0.3) is 10.9 Å². The molecule has 1 fully saturated rings. The summed E-state index contributed by atoms with van der Waals surface area (Å²) in [6.07, 6.45) is 1.52. The number of aliphatic hydroxyl groups excluding tert-OH is 1. The zero-order valence-corrected chi connectivity index (χ0v) is 16.1. The van der Waals surface area contributed by atoms with Crippen LogP contribution in [-0.4, -0.2) is 66.9 Å². The zero-order chi connectivity index (χ0) is 18.7. The summed E-state index contributed by atoms with van der Waals surface area (Å²) >= 11 is 12.5. The molecule has 140 valence electrons. The summed E-state index contributed by atoms with van der Waals surface area (Å²) in [4.78, 5) is 21.2. The highest BCUT2D eigenvalue weighted by Gasteiger charge is 2.25. The molecule has 0 radical (unpaired) electrons. The Morgan fingerprint density at radius 3 is 2.65 bits per heavy atom. The lowest BCUT2D eigenvalue weighted by molar-refractivity contribution is 0.0526. The molecule has 0 saturated carbocycles. The smallest absolute Gasteiger partial charge is 0.341 e. The van der Waals surface area contributed by atoms with Gasteiger partial charge in [0.25, 0.3) is 0 Å². The Labute approximate surface area is 162 Å². The van der Waals surface area contributed by atoms with Gasteiger partial charge in [-0.3, -0.25) is 9.88 Å². The lowest BCUT2D eigenvalue weighted by Gasteiger charge is -2.37. The van der Waals surface area contributed by atoms with Crippen LogP contribution < -0.4 is 4.90 Å². The first kappa shape index (κ1) is 19.2. The highest BCUT2D eigenvalue weighted by Crippen LogP contribution is 2.36. The third kappa shape index (κ3) is 3.88. The summed E-state index contributed by atoms with van der Waals surface area (Å²) in [5.74, 6) is -0.411. The first-order chi connectivity index (χ1) is 12.5. The molecule has 3 rings (SSSR count). The number of ether oxygens (including phenoxy) is 1. The number of esters is 1. The molecule has 8 heteroatoms. The van der Waals surface area contributed by atoms with Gasteiger partial charge >= 0.3 is 5.97 Å². The Balaban J connectivity index is 2.07. The van der Waals surface area contributed by atoms with Crippen LogP contribution in [0.2, 0.25) is 10.0 Å². The van der Waals surface area contributed by atoms with E-state index in [4.69, 9.17) is 33.0 Å². The molecule has 2 aromatic rings. The fraction of sp³-hybridized carbons (Fsp3) is 0.444. The Bertz CT molecular complexity index is 808. The number of carbonyl (C=O) groups excluding carboxylic acids is 1. The van der Waals surface area contributed by atoms with Gasteiger partial charge in [-0.05, 0) is 19.1 Å². The summed E-state index contributed by atoms with van der Waals surface area (Å²) in [5, 5.41) is 10.8. The number of aromatic nitrogens is 1. The average molecular weight is 398 g/mol. The molecule has 1 saturated heterocycles. The van der Waals surface area contributed by atoms with Crippen LogP contribution in [0.1, 0.15) is 17.3 Å². The van der Waals surface area contributed by atoms with Crippen molar-refractivity contribution in [3.05, 3.63) is 33.9 Å². The van der Waals surface area contributed by atoms with Crippen molar-refractivity contribution in [1.82, 2.24) is 9.88 Å². The molecule has 0 atom stereocenters. The van der Waals surface area contributed by atoms with Gasteiger partial charge in [0.15, 0.2) is 0 Å². The second-order valence-corrected chi connectivity index (χ2v) is 6.92. The van der Waals surface area contributed by atoms with Crippen LogP contribution in [0, 0.1) is 0 Å². The standard InChI is InChI=1S/C18H21Cl2N3O3/c1-2-26-18(25)14-11-21-16-13(9-12(19)10-15(16)20)17(14)23-5-3-22(4-6-23)7-8-24/h9-11,24H,2-8H2,1H3. The van der Waals surface area contributed by atoms with Crippen LogP contribution in [0.3, 0.4) is 0 Å². The number of fused-ring (bicyclic) bond motifs is 1. The number of rotatable bonds is 5. The molecule has 6 nitrogen and oxygen atoms in total. The summed E-state index contributed by atoms with van der Waals surface area (Å²) in [6, 6.07) is 3.43. The number of hydrogen-bond acceptors (Lipinski definition) is 6. The van der Waals surface area contributed by atoms with E-state index >= 15 is 0 Å². The molecule has 1 aromatic heterocycles. The van der Waals surface area contributed by atoms with Crippen molar-refractivity contribution in [2.24, 2.45) is 0 Å². The number of pyridine rings is 1. The lowest BCUT2D eigenvalue weighted by Crippen LogP contribution is -2.47. The molecule has 1 aromatic carbocycles. The van der Waals surface area contributed by atoms with E-state index in [-0.39, 0.29) is 13.2 Å². The number of halogens is 2. The maximum atomic E-state index is 12.5. The number of aliphatic hydroxyl groups is 1. The van der Waals surface area contributed by atoms with Crippen LogP contribution in [0.5, 0.6) is 0 Å². The van der Waals surface area contributed by atoms with E-state index in [1.54, 1.807) is 19.1 Å². The molecule has 2 heterocycles. The molecule has 1 N–H and O–H groups in total. The molecule has 0 amide bonds. The summed E-state index contributed by atoms with van der Waals surface area (Å²) in [5.41, 5.74) is 1.77. The van der Waals surface area contributed by atoms with Gasteiger partial charge in [-0.25, -0.2) is 4.79 Å². The van der Waals surface area contributed by atoms with E-state index in [9.17, 15) is 4.79 Å². The fourth-order valence-electron chi connectivity index (χ4n) is 3.25. The predicted molar refractivity (Wildman–Crippen MR) is 103 cm³/mol. The van der Waals surface area contributed by atoms with E-state index < -0.39 is 5.97 Å². The van der Waals surface area contributed by atoms with Crippen LogP contribution in [-0.2, 0) is 4.74 Å². The van der Waals surface area contributed by atoms with Gasteiger partial charge in [0.1, 0.15) is 5.56 Å². The second kappa shape index (κ2) is 8.39. The van der Waals surface area contributed by atoms with Crippen LogP contribution >= 0.6 is 23.2 Å².